The standard InChI is InChI=1S/C24H30ClN3O5/c25-20-2-1-3-22(14-20)33-18-24(30)16-27(10-12-31-17-24)15-19-4-6-21(7-5-19)32-13-11-28-9-8-26-23(28)29/h1-7,14,30H,8-13,15-18H2,(H,26,29). The SMILES string of the molecule is O=C1NCCN1CCOc1ccc(CN2CCOCC(O)(COc3cccc(Cl)c3)C2)cc1. The second kappa shape index (κ2) is 11.1. The second-order valence-corrected chi connectivity index (χ2v) is 8.88. The predicted molar refractivity (Wildman–Crippen MR) is 125 cm³/mol. The van der Waals surface area contributed by atoms with Gasteiger partial charge in [-0.2, -0.15) is 0 Å². The molecule has 0 spiro atoms. The van der Waals surface area contributed by atoms with Crippen molar-refractivity contribution in [1.82, 2.24) is 15.1 Å². The second-order valence-electron chi connectivity index (χ2n) is 8.45. The third kappa shape index (κ3) is 6.98. The minimum atomic E-state index is -1.12. The van der Waals surface area contributed by atoms with Crippen molar-refractivity contribution in [2.24, 2.45) is 0 Å². The molecule has 8 nitrogen and oxygen atoms in total. The molecule has 2 N–H and O–H groups in total. The maximum Gasteiger partial charge on any atom is 0.317 e. The molecule has 9 heteroatoms. The number of urea groups is 1. The topological polar surface area (TPSA) is 83.5 Å². The third-order valence-corrected chi connectivity index (χ3v) is 5.88. The molecule has 1 atom stereocenters. The van der Waals surface area contributed by atoms with Crippen molar-refractivity contribution in [3.63, 3.8) is 0 Å². The zero-order chi connectivity index (χ0) is 23.1. The summed E-state index contributed by atoms with van der Waals surface area (Å²) in [7, 11) is 0. The van der Waals surface area contributed by atoms with Crippen molar-refractivity contribution in [1.29, 1.82) is 0 Å². The van der Waals surface area contributed by atoms with Crippen LogP contribution in [0.15, 0.2) is 48.5 Å². The summed E-state index contributed by atoms with van der Waals surface area (Å²) in [6.07, 6.45) is 0. The monoisotopic (exact) mass is 475 g/mol. The number of carbonyl (C=O) groups is 1. The summed E-state index contributed by atoms with van der Waals surface area (Å²) in [6.45, 7) is 5.14. The highest BCUT2D eigenvalue weighted by Gasteiger charge is 2.33. The molecule has 2 aliphatic rings. The van der Waals surface area contributed by atoms with Crippen LogP contribution in [0.1, 0.15) is 5.56 Å². The Labute approximate surface area is 199 Å². The van der Waals surface area contributed by atoms with Crippen LogP contribution in [0.25, 0.3) is 0 Å². The number of nitrogens with one attached hydrogen (secondary N) is 1. The van der Waals surface area contributed by atoms with Gasteiger partial charge >= 0.3 is 6.03 Å². The van der Waals surface area contributed by atoms with Crippen LogP contribution in [0.3, 0.4) is 0 Å². The van der Waals surface area contributed by atoms with E-state index in [4.69, 9.17) is 25.8 Å². The van der Waals surface area contributed by atoms with Gasteiger partial charge in [-0.15, -0.1) is 0 Å². The van der Waals surface area contributed by atoms with Gasteiger partial charge in [-0.05, 0) is 35.9 Å². The molecule has 2 amide bonds. The first-order chi connectivity index (χ1) is 16.0. The third-order valence-electron chi connectivity index (χ3n) is 5.65. The largest absolute Gasteiger partial charge is 0.492 e. The molecule has 2 aromatic rings. The number of rotatable bonds is 9. The molecular formula is C24H30ClN3O5. The number of nitrogens with zero attached hydrogens (tertiary/aromatic N) is 2. The summed E-state index contributed by atoms with van der Waals surface area (Å²) >= 11 is 6.01. The van der Waals surface area contributed by atoms with E-state index < -0.39 is 5.60 Å². The molecule has 0 aromatic heterocycles. The summed E-state index contributed by atoms with van der Waals surface area (Å²) in [5.41, 5.74) is -0.00900. The molecule has 33 heavy (non-hydrogen) atoms. The average Bonchev–Trinajstić information content (AvgIpc) is 3.11. The van der Waals surface area contributed by atoms with Gasteiger partial charge < -0.3 is 29.5 Å². The summed E-state index contributed by atoms with van der Waals surface area (Å²) in [4.78, 5) is 15.5. The smallest absolute Gasteiger partial charge is 0.317 e. The van der Waals surface area contributed by atoms with E-state index in [-0.39, 0.29) is 19.2 Å². The molecular weight excluding hydrogens is 446 g/mol. The van der Waals surface area contributed by atoms with E-state index in [1.54, 1.807) is 17.0 Å². The van der Waals surface area contributed by atoms with Crippen molar-refractivity contribution >= 4 is 17.6 Å². The summed E-state index contributed by atoms with van der Waals surface area (Å²) in [6, 6.07) is 15.0. The van der Waals surface area contributed by atoms with Crippen LogP contribution < -0.4 is 14.8 Å². The summed E-state index contributed by atoms with van der Waals surface area (Å²) < 4.78 is 17.2. The van der Waals surface area contributed by atoms with Crippen LogP contribution in [-0.4, -0.2) is 85.7 Å². The highest BCUT2D eigenvalue weighted by molar-refractivity contribution is 6.30. The lowest BCUT2D eigenvalue weighted by molar-refractivity contribution is -0.0646. The Hall–Kier alpha value is -2.52. The maximum atomic E-state index is 11.6. The molecule has 0 radical (unpaired) electrons. The van der Waals surface area contributed by atoms with Crippen LogP contribution in [0, 0.1) is 0 Å². The fourth-order valence-electron chi connectivity index (χ4n) is 3.94. The van der Waals surface area contributed by atoms with Crippen molar-refractivity contribution in [3.05, 3.63) is 59.1 Å². The Morgan fingerprint density at radius 3 is 2.73 bits per heavy atom. The van der Waals surface area contributed by atoms with Gasteiger partial charge in [-0.1, -0.05) is 29.8 Å². The highest BCUT2D eigenvalue weighted by atomic mass is 35.5. The van der Waals surface area contributed by atoms with Gasteiger partial charge in [0.15, 0.2) is 0 Å². The number of benzene rings is 2. The number of hydrogen-bond donors (Lipinski definition) is 2. The number of carbonyl (C=O) groups excluding carboxylic acids is 1. The first kappa shape index (κ1) is 23.6. The Balaban J connectivity index is 1.26. The molecule has 4 rings (SSSR count). The minimum absolute atomic E-state index is 0.0340. The Morgan fingerprint density at radius 2 is 1.97 bits per heavy atom. The highest BCUT2D eigenvalue weighted by Crippen LogP contribution is 2.21. The Kier molecular flexibility index (Phi) is 7.93. The molecule has 0 saturated carbocycles. The van der Waals surface area contributed by atoms with E-state index in [2.05, 4.69) is 10.2 Å². The summed E-state index contributed by atoms with van der Waals surface area (Å²) in [5.74, 6) is 1.39. The lowest BCUT2D eigenvalue weighted by Gasteiger charge is -2.30. The van der Waals surface area contributed by atoms with Gasteiger partial charge in [0.05, 0.1) is 19.8 Å². The molecule has 2 fully saturated rings. The van der Waals surface area contributed by atoms with E-state index in [1.807, 2.05) is 36.4 Å². The molecule has 178 valence electrons. The first-order valence-electron chi connectivity index (χ1n) is 11.1. The molecule has 2 aliphatic heterocycles. The average molecular weight is 476 g/mol. The number of ether oxygens (including phenoxy) is 3. The minimum Gasteiger partial charge on any atom is -0.492 e. The Bertz CT molecular complexity index is 929. The first-order valence-corrected chi connectivity index (χ1v) is 11.5. The van der Waals surface area contributed by atoms with Gasteiger partial charge in [-0.25, -0.2) is 4.79 Å². The quantitative estimate of drug-likeness (QED) is 0.579. The lowest BCUT2D eigenvalue weighted by Crippen LogP contribution is -2.48. The van der Waals surface area contributed by atoms with Gasteiger partial charge in [0, 0.05) is 37.7 Å². The fraction of sp³-hybridized carbons (Fsp3) is 0.458. The van der Waals surface area contributed by atoms with Crippen LogP contribution >= 0.6 is 11.6 Å². The molecule has 1 unspecified atom stereocenters. The van der Waals surface area contributed by atoms with E-state index >= 15 is 0 Å². The van der Waals surface area contributed by atoms with Crippen molar-refractivity contribution in [2.45, 2.75) is 12.1 Å². The van der Waals surface area contributed by atoms with E-state index in [1.165, 1.54) is 0 Å². The van der Waals surface area contributed by atoms with Crippen LogP contribution in [0.5, 0.6) is 11.5 Å². The van der Waals surface area contributed by atoms with Crippen LogP contribution in [0.4, 0.5) is 4.79 Å². The molecule has 0 bridgehead atoms. The zero-order valence-corrected chi connectivity index (χ0v) is 19.3. The van der Waals surface area contributed by atoms with Gasteiger partial charge in [-0.3, -0.25) is 4.90 Å². The number of aliphatic hydroxyl groups is 1. The zero-order valence-electron chi connectivity index (χ0n) is 18.5. The van der Waals surface area contributed by atoms with Gasteiger partial charge in [0.1, 0.15) is 30.3 Å². The van der Waals surface area contributed by atoms with Crippen molar-refractivity contribution in [2.75, 3.05) is 59.2 Å². The fourth-order valence-corrected chi connectivity index (χ4v) is 4.12. The maximum absolute atomic E-state index is 11.6. The van der Waals surface area contributed by atoms with Crippen LogP contribution in [0.2, 0.25) is 5.02 Å². The number of halogens is 1. The number of amides is 2. The van der Waals surface area contributed by atoms with Crippen molar-refractivity contribution in [3.8, 4) is 11.5 Å². The molecule has 0 aliphatic carbocycles. The number of β-amino-alcohol motifs (C(OH)–C–C–N with tert-alkyl or cyclic N) is 1. The van der Waals surface area contributed by atoms with Gasteiger partial charge in [0.25, 0.3) is 0 Å². The normalized spacial score (nSPS) is 21.5. The van der Waals surface area contributed by atoms with Gasteiger partial charge in [0.2, 0.25) is 0 Å². The predicted octanol–water partition coefficient (Wildman–Crippen LogP) is 2.39. The molecule has 2 heterocycles. The van der Waals surface area contributed by atoms with E-state index in [0.29, 0.717) is 50.2 Å². The molecule has 2 aromatic carbocycles. The summed E-state index contributed by atoms with van der Waals surface area (Å²) in [5, 5.41) is 14.5. The Morgan fingerprint density at radius 1 is 1.12 bits per heavy atom. The van der Waals surface area contributed by atoms with Crippen LogP contribution in [-0.2, 0) is 11.3 Å². The number of hydrogen-bond acceptors (Lipinski definition) is 6. The van der Waals surface area contributed by atoms with E-state index in [0.717, 1.165) is 24.4 Å². The molecule has 2 saturated heterocycles. The van der Waals surface area contributed by atoms with Crippen molar-refractivity contribution < 1.29 is 24.1 Å². The van der Waals surface area contributed by atoms with E-state index in [9.17, 15) is 9.90 Å². The lowest BCUT2D eigenvalue weighted by atomic mass is 10.1.